The van der Waals surface area contributed by atoms with Crippen LogP contribution >= 0.6 is 0 Å². The Bertz CT molecular complexity index is 1190. The lowest BCUT2D eigenvalue weighted by molar-refractivity contribution is -0.156. The minimum absolute atomic E-state index is 0.176. The van der Waals surface area contributed by atoms with Gasteiger partial charge >= 0.3 is 5.97 Å². The van der Waals surface area contributed by atoms with Crippen molar-refractivity contribution in [3.05, 3.63) is 34.2 Å². The highest BCUT2D eigenvalue weighted by molar-refractivity contribution is 5.99. The lowest BCUT2D eigenvalue weighted by atomic mass is 10.1. The first-order valence-corrected chi connectivity index (χ1v) is 11.6. The Morgan fingerprint density at radius 1 is 1.12 bits per heavy atom. The van der Waals surface area contributed by atoms with Crippen molar-refractivity contribution in [1.82, 2.24) is 20.0 Å². The maximum atomic E-state index is 13.3. The number of aryl methyl sites for hydroxylation is 1. The monoisotopic (exact) mass is 469 g/mol. The molecule has 182 valence electrons. The molecule has 4 rings (SSSR count). The molecule has 2 fully saturated rings. The highest BCUT2D eigenvalue weighted by Crippen LogP contribution is 2.24. The van der Waals surface area contributed by atoms with Crippen LogP contribution in [0.25, 0.3) is 10.8 Å². The van der Waals surface area contributed by atoms with Gasteiger partial charge in [0, 0.05) is 43.7 Å². The van der Waals surface area contributed by atoms with Crippen molar-refractivity contribution in [2.75, 3.05) is 37.6 Å². The molecule has 0 bridgehead atoms. The predicted molar refractivity (Wildman–Crippen MR) is 127 cm³/mol. The molecule has 1 atom stereocenters. The molecule has 2 saturated heterocycles. The lowest BCUT2D eigenvalue weighted by Crippen LogP contribution is -2.48. The molecule has 1 aromatic heterocycles. The molecule has 1 unspecified atom stereocenters. The summed E-state index contributed by atoms with van der Waals surface area (Å²) in [5.41, 5.74) is 0.702. The van der Waals surface area contributed by atoms with Gasteiger partial charge < -0.3 is 9.64 Å². The van der Waals surface area contributed by atoms with Gasteiger partial charge in [-0.3, -0.25) is 29.4 Å². The van der Waals surface area contributed by atoms with E-state index in [0.717, 1.165) is 11.1 Å². The van der Waals surface area contributed by atoms with Crippen LogP contribution in [0.15, 0.2) is 23.0 Å². The molecule has 0 radical (unpaired) electrons. The van der Waals surface area contributed by atoms with E-state index < -0.39 is 17.6 Å². The van der Waals surface area contributed by atoms with Crippen LogP contribution in [0.2, 0.25) is 0 Å². The lowest BCUT2D eigenvalue weighted by Gasteiger charge is -2.36. The van der Waals surface area contributed by atoms with Crippen LogP contribution in [0.3, 0.4) is 0 Å². The number of aromatic nitrogens is 2. The summed E-state index contributed by atoms with van der Waals surface area (Å²) in [6.07, 6.45) is 0.428. The first-order chi connectivity index (χ1) is 16.0. The first kappa shape index (κ1) is 23.9. The fourth-order valence-electron chi connectivity index (χ4n) is 4.45. The highest BCUT2D eigenvalue weighted by atomic mass is 16.6. The molecule has 0 spiro atoms. The summed E-state index contributed by atoms with van der Waals surface area (Å²) in [4.78, 5) is 53.5. The van der Waals surface area contributed by atoms with E-state index in [1.165, 1.54) is 4.68 Å². The molecule has 2 aromatic rings. The Hall–Kier alpha value is -3.27. The van der Waals surface area contributed by atoms with Crippen LogP contribution in [-0.4, -0.2) is 70.8 Å². The number of fused-ring (bicyclic) bond motifs is 1. The van der Waals surface area contributed by atoms with Crippen molar-refractivity contribution < 1.29 is 19.1 Å². The van der Waals surface area contributed by atoms with Gasteiger partial charge in [0.1, 0.15) is 11.6 Å². The van der Waals surface area contributed by atoms with Crippen LogP contribution < -0.4 is 15.8 Å². The molecule has 0 saturated carbocycles. The van der Waals surface area contributed by atoms with Crippen LogP contribution in [-0.2, 0) is 19.1 Å². The molecule has 2 aliphatic heterocycles. The molecular weight excluding hydrogens is 438 g/mol. The fourth-order valence-corrected chi connectivity index (χ4v) is 4.45. The standard InChI is InChI=1S/C24H31N5O5/c1-15-17-6-5-16(28-11-9-27(10-12-28)14-21(31)34-24(2,3)4)13-18(17)23(33)29(26-15)19-7-8-20(30)25-22(19)32/h5-6,13,19H,7-12,14H2,1-4H3,(H,25,30,32). The number of amides is 2. The highest BCUT2D eigenvalue weighted by Gasteiger charge is 2.30. The van der Waals surface area contributed by atoms with Gasteiger partial charge in [-0.2, -0.15) is 5.10 Å². The SMILES string of the molecule is Cc1nn(C2CCC(=O)NC2=O)c(=O)c2cc(N3CCN(CC(=O)OC(C)(C)C)CC3)ccc12. The normalized spacial score (nSPS) is 19.9. The molecule has 0 aliphatic carbocycles. The molecule has 3 heterocycles. The van der Waals surface area contributed by atoms with Crippen LogP contribution in [0.1, 0.15) is 45.3 Å². The number of nitrogens with zero attached hydrogens (tertiary/aromatic N) is 4. The number of ether oxygens (including phenoxy) is 1. The van der Waals surface area contributed by atoms with Gasteiger partial charge in [0.15, 0.2) is 0 Å². The molecule has 2 amide bonds. The van der Waals surface area contributed by atoms with Crippen LogP contribution in [0.5, 0.6) is 0 Å². The number of benzene rings is 1. The summed E-state index contributed by atoms with van der Waals surface area (Å²) >= 11 is 0. The van der Waals surface area contributed by atoms with Gasteiger partial charge in [-0.25, -0.2) is 4.68 Å². The summed E-state index contributed by atoms with van der Waals surface area (Å²) in [5.74, 6) is -1.06. The van der Waals surface area contributed by atoms with E-state index in [9.17, 15) is 19.2 Å². The zero-order valence-electron chi connectivity index (χ0n) is 20.1. The summed E-state index contributed by atoms with van der Waals surface area (Å²) in [7, 11) is 0. The number of anilines is 1. The van der Waals surface area contributed by atoms with Gasteiger partial charge in [-0.1, -0.05) is 6.07 Å². The summed E-state index contributed by atoms with van der Waals surface area (Å²) in [6, 6.07) is 4.90. The van der Waals surface area contributed by atoms with Crippen molar-refractivity contribution in [2.45, 2.75) is 52.2 Å². The second-order valence-electron chi connectivity index (χ2n) is 9.88. The minimum atomic E-state index is -0.798. The van der Waals surface area contributed by atoms with E-state index in [-0.39, 0.29) is 36.8 Å². The Morgan fingerprint density at radius 3 is 2.47 bits per heavy atom. The third-order valence-corrected chi connectivity index (χ3v) is 6.10. The van der Waals surface area contributed by atoms with Crippen LogP contribution in [0.4, 0.5) is 5.69 Å². The maximum absolute atomic E-state index is 13.3. The van der Waals surface area contributed by atoms with Crippen molar-refractivity contribution in [3.8, 4) is 0 Å². The van der Waals surface area contributed by atoms with E-state index in [0.29, 0.717) is 37.3 Å². The van der Waals surface area contributed by atoms with Crippen molar-refractivity contribution in [1.29, 1.82) is 0 Å². The van der Waals surface area contributed by atoms with Gasteiger partial charge in [0.25, 0.3) is 11.5 Å². The third-order valence-electron chi connectivity index (χ3n) is 6.10. The Labute approximate surface area is 197 Å². The van der Waals surface area contributed by atoms with E-state index in [4.69, 9.17) is 4.74 Å². The zero-order valence-corrected chi connectivity index (χ0v) is 20.1. The number of carbonyl (C=O) groups is 3. The molecular formula is C24H31N5O5. The quantitative estimate of drug-likeness (QED) is 0.524. The summed E-state index contributed by atoms with van der Waals surface area (Å²) in [5, 5.41) is 7.89. The molecule has 10 nitrogen and oxygen atoms in total. The van der Waals surface area contributed by atoms with Gasteiger partial charge in [0.2, 0.25) is 5.91 Å². The van der Waals surface area contributed by atoms with Gasteiger partial charge in [-0.05, 0) is 46.2 Å². The molecule has 1 N–H and O–H groups in total. The number of carbonyl (C=O) groups excluding carboxylic acids is 3. The van der Waals surface area contributed by atoms with E-state index in [1.54, 1.807) is 6.92 Å². The number of hydrogen-bond acceptors (Lipinski definition) is 8. The molecule has 1 aromatic carbocycles. The largest absolute Gasteiger partial charge is 0.459 e. The molecule has 34 heavy (non-hydrogen) atoms. The van der Waals surface area contributed by atoms with Gasteiger partial charge in [-0.15, -0.1) is 0 Å². The number of rotatable bonds is 4. The first-order valence-electron chi connectivity index (χ1n) is 11.6. The number of hydrogen-bond donors (Lipinski definition) is 1. The number of nitrogens with one attached hydrogen (secondary N) is 1. The number of piperidine rings is 1. The maximum Gasteiger partial charge on any atom is 0.320 e. The Morgan fingerprint density at radius 2 is 1.82 bits per heavy atom. The summed E-state index contributed by atoms with van der Waals surface area (Å²) < 4.78 is 6.63. The average molecular weight is 470 g/mol. The third kappa shape index (κ3) is 5.11. The smallest absolute Gasteiger partial charge is 0.320 e. The Balaban J connectivity index is 1.52. The van der Waals surface area contributed by atoms with E-state index in [2.05, 4.69) is 20.2 Å². The second kappa shape index (κ2) is 9.17. The van der Waals surface area contributed by atoms with E-state index >= 15 is 0 Å². The zero-order chi connectivity index (χ0) is 24.6. The van der Waals surface area contributed by atoms with Crippen molar-refractivity contribution in [2.24, 2.45) is 0 Å². The number of piperazine rings is 1. The van der Waals surface area contributed by atoms with Gasteiger partial charge in [0.05, 0.1) is 17.6 Å². The topological polar surface area (TPSA) is 114 Å². The van der Waals surface area contributed by atoms with E-state index in [1.807, 2.05) is 39.0 Å². The Kier molecular flexibility index (Phi) is 6.44. The van der Waals surface area contributed by atoms with Crippen molar-refractivity contribution >= 4 is 34.2 Å². The number of esters is 1. The molecule has 2 aliphatic rings. The predicted octanol–water partition coefficient (Wildman–Crippen LogP) is 1.15. The second-order valence-corrected chi connectivity index (χ2v) is 9.88. The minimum Gasteiger partial charge on any atom is -0.459 e. The summed E-state index contributed by atoms with van der Waals surface area (Å²) in [6.45, 7) is 10.4. The fraction of sp³-hybridized carbons (Fsp3) is 0.542. The number of imide groups is 1. The molecule has 10 heteroatoms. The average Bonchev–Trinajstić information content (AvgIpc) is 2.75. The van der Waals surface area contributed by atoms with Crippen LogP contribution in [0, 0.1) is 6.92 Å². The van der Waals surface area contributed by atoms with Crippen molar-refractivity contribution in [3.63, 3.8) is 0 Å².